The van der Waals surface area contributed by atoms with Crippen LogP contribution in [0.2, 0.25) is 0 Å². The molecule has 3 rings (SSSR count). The van der Waals surface area contributed by atoms with Crippen molar-refractivity contribution in [2.75, 3.05) is 14.2 Å². The summed E-state index contributed by atoms with van der Waals surface area (Å²) >= 11 is 0. The van der Waals surface area contributed by atoms with Crippen molar-refractivity contribution in [2.45, 2.75) is 43.6 Å². The molecule has 0 bridgehead atoms. The van der Waals surface area contributed by atoms with Crippen LogP contribution in [0.3, 0.4) is 0 Å². The molecule has 0 spiro atoms. The Hall–Kier alpha value is -1.01. The Morgan fingerprint density at radius 2 is 1.76 bits per heavy atom. The fourth-order valence-electron chi connectivity index (χ4n) is 3.45. The quantitative estimate of drug-likeness (QED) is 0.765. The predicted octanol–water partition coefficient (Wildman–Crippen LogP) is 1.20. The van der Waals surface area contributed by atoms with Gasteiger partial charge in [0.15, 0.2) is 11.5 Å². The van der Waals surface area contributed by atoms with Gasteiger partial charge in [0.2, 0.25) is 0 Å². The number of methoxy groups -OCH3 is 2. The van der Waals surface area contributed by atoms with Crippen molar-refractivity contribution >= 4 is 12.4 Å². The number of nitrogens with one attached hydrogen (secondary N) is 1. The van der Waals surface area contributed by atoms with Crippen molar-refractivity contribution in [1.29, 1.82) is 0 Å². The fraction of sp³-hybridized carbons (Fsp3) is 0.600. The molecule has 0 amide bonds. The number of hydrogen-bond donors (Lipinski definition) is 3. The average molecular weight is 316 g/mol. The summed E-state index contributed by atoms with van der Waals surface area (Å²) in [5.74, 6) is 1.26. The zero-order valence-corrected chi connectivity index (χ0v) is 13.0. The standard InChI is InChI=1S/C15H21NO4.ClH/c1-19-12-5-8-7-16-10-3-4-11(17)15(18)14(10)9(8)6-13(12)20-2;/h5-6,10-11,14-18H,3-4,7H2,1-2H3;1H/t10-,11-,14-,15-;/m0./s1. The lowest BCUT2D eigenvalue weighted by Gasteiger charge is -2.43. The van der Waals surface area contributed by atoms with E-state index >= 15 is 0 Å². The van der Waals surface area contributed by atoms with Gasteiger partial charge >= 0.3 is 0 Å². The van der Waals surface area contributed by atoms with Gasteiger partial charge in [-0.05, 0) is 36.1 Å². The Kier molecular flexibility index (Phi) is 4.99. The Balaban J connectivity index is 0.00000161. The van der Waals surface area contributed by atoms with Crippen LogP contribution in [-0.4, -0.2) is 42.7 Å². The SMILES string of the molecule is COc1cc2c(cc1OC)[C@@H]1[C@@H](O)[C@@H](O)CC[C@@H]1NC2.Cl. The number of ether oxygens (including phenoxy) is 2. The van der Waals surface area contributed by atoms with E-state index in [-0.39, 0.29) is 24.4 Å². The summed E-state index contributed by atoms with van der Waals surface area (Å²) < 4.78 is 10.7. The van der Waals surface area contributed by atoms with Crippen LogP contribution < -0.4 is 14.8 Å². The molecule has 1 heterocycles. The molecular formula is C15H22ClNO4. The van der Waals surface area contributed by atoms with E-state index in [1.54, 1.807) is 14.2 Å². The Morgan fingerprint density at radius 3 is 2.43 bits per heavy atom. The molecule has 1 aromatic rings. The molecule has 0 unspecified atom stereocenters. The van der Waals surface area contributed by atoms with E-state index in [1.165, 1.54) is 0 Å². The molecule has 1 saturated carbocycles. The van der Waals surface area contributed by atoms with Gasteiger partial charge < -0.3 is 25.0 Å². The van der Waals surface area contributed by atoms with Crippen LogP contribution in [-0.2, 0) is 6.54 Å². The molecule has 0 radical (unpaired) electrons. The summed E-state index contributed by atoms with van der Waals surface area (Å²) in [4.78, 5) is 0. The van der Waals surface area contributed by atoms with Crippen molar-refractivity contribution in [3.8, 4) is 11.5 Å². The van der Waals surface area contributed by atoms with Crippen LogP contribution in [0, 0.1) is 0 Å². The maximum atomic E-state index is 10.3. The molecule has 4 atom stereocenters. The molecule has 1 fully saturated rings. The van der Waals surface area contributed by atoms with Crippen molar-refractivity contribution in [3.05, 3.63) is 23.3 Å². The fourth-order valence-corrected chi connectivity index (χ4v) is 3.45. The first-order valence-electron chi connectivity index (χ1n) is 7.00. The monoisotopic (exact) mass is 315 g/mol. The first-order chi connectivity index (χ1) is 9.65. The average Bonchev–Trinajstić information content (AvgIpc) is 2.48. The number of hydrogen-bond acceptors (Lipinski definition) is 5. The summed E-state index contributed by atoms with van der Waals surface area (Å²) in [5, 5.41) is 23.7. The summed E-state index contributed by atoms with van der Waals surface area (Å²) in [6.07, 6.45) is 0.116. The highest BCUT2D eigenvalue weighted by Crippen LogP contribution is 2.42. The van der Waals surface area contributed by atoms with Gasteiger partial charge in [-0.1, -0.05) is 0 Å². The van der Waals surface area contributed by atoms with E-state index < -0.39 is 12.2 Å². The van der Waals surface area contributed by atoms with Gasteiger partial charge in [-0.2, -0.15) is 0 Å². The van der Waals surface area contributed by atoms with E-state index in [9.17, 15) is 10.2 Å². The number of aliphatic hydroxyl groups excluding tert-OH is 2. The number of aliphatic hydroxyl groups is 2. The maximum Gasteiger partial charge on any atom is 0.161 e. The highest BCUT2D eigenvalue weighted by molar-refractivity contribution is 5.85. The molecule has 1 aliphatic heterocycles. The molecule has 21 heavy (non-hydrogen) atoms. The van der Waals surface area contributed by atoms with Gasteiger partial charge in [0, 0.05) is 18.5 Å². The third kappa shape index (κ3) is 2.71. The summed E-state index contributed by atoms with van der Waals surface area (Å²) in [6.45, 7) is 0.750. The highest BCUT2D eigenvalue weighted by atomic mass is 35.5. The minimum atomic E-state index is -0.738. The second kappa shape index (κ2) is 6.40. The van der Waals surface area contributed by atoms with E-state index in [0.29, 0.717) is 17.9 Å². The second-order valence-corrected chi connectivity index (χ2v) is 5.55. The highest BCUT2D eigenvalue weighted by Gasteiger charge is 2.41. The third-order valence-electron chi connectivity index (χ3n) is 4.53. The van der Waals surface area contributed by atoms with Crippen molar-refractivity contribution in [1.82, 2.24) is 5.32 Å². The molecule has 1 aromatic carbocycles. The lowest BCUT2D eigenvalue weighted by atomic mass is 9.73. The Morgan fingerprint density at radius 1 is 1.10 bits per heavy atom. The van der Waals surface area contributed by atoms with Crippen LogP contribution in [0.4, 0.5) is 0 Å². The topological polar surface area (TPSA) is 71.0 Å². The molecule has 0 aromatic heterocycles. The maximum absolute atomic E-state index is 10.3. The smallest absolute Gasteiger partial charge is 0.161 e. The molecule has 2 aliphatic rings. The van der Waals surface area contributed by atoms with Crippen LogP contribution in [0.25, 0.3) is 0 Å². The van der Waals surface area contributed by atoms with E-state index in [4.69, 9.17) is 9.47 Å². The molecule has 1 aliphatic carbocycles. The van der Waals surface area contributed by atoms with Crippen LogP contribution in [0.15, 0.2) is 12.1 Å². The Bertz CT molecular complexity index is 511. The van der Waals surface area contributed by atoms with Crippen LogP contribution in [0.5, 0.6) is 11.5 Å². The summed E-state index contributed by atoms with van der Waals surface area (Å²) in [7, 11) is 3.22. The zero-order valence-electron chi connectivity index (χ0n) is 12.2. The first kappa shape index (κ1) is 16.4. The van der Waals surface area contributed by atoms with Gasteiger partial charge in [0.1, 0.15) is 0 Å². The predicted molar refractivity (Wildman–Crippen MR) is 81.4 cm³/mol. The number of rotatable bonds is 2. The molecule has 118 valence electrons. The van der Waals surface area contributed by atoms with Crippen LogP contribution in [0.1, 0.15) is 29.9 Å². The third-order valence-corrected chi connectivity index (χ3v) is 4.53. The second-order valence-electron chi connectivity index (χ2n) is 5.55. The molecule has 5 nitrogen and oxygen atoms in total. The Labute approximate surface area is 130 Å². The van der Waals surface area contributed by atoms with Crippen molar-refractivity contribution in [2.24, 2.45) is 0 Å². The van der Waals surface area contributed by atoms with Gasteiger partial charge in [0.05, 0.1) is 26.4 Å². The van der Waals surface area contributed by atoms with Crippen molar-refractivity contribution < 1.29 is 19.7 Å². The van der Waals surface area contributed by atoms with E-state index in [1.807, 2.05) is 12.1 Å². The summed E-state index contributed by atoms with van der Waals surface area (Å²) in [6, 6.07) is 4.10. The molecule has 3 N–H and O–H groups in total. The minimum Gasteiger partial charge on any atom is -0.493 e. The zero-order chi connectivity index (χ0) is 14.3. The lowest BCUT2D eigenvalue weighted by Crippen LogP contribution is -2.51. The molecule has 6 heteroatoms. The normalized spacial score (nSPS) is 30.7. The number of fused-ring (bicyclic) bond motifs is 3. The van der Waals surface area contributed by atoms with Gasteiger partial charge in [-0.25, -0.2) is 0 Å². The summed E-state index contributed by atoms with van der Waals surface area (Å²) in [5.41, 5.74) is 2.15. The largest absolute Gasteiger partial charge is 0.493 e. The van der Waals surface area contributed by atoms with E-state index in [0.717, 1.165) is 24.1 Å². The van der Waals surface area contributed by atoms with Crippen molar-refractivity contribution in [3.63, 3.8) is 0 Å². The van der Waals surface area contributed by atoms with Gasteiger partial charge in [-0.3, -0.25) is 0 Å². The number of halogens is 1. The minimum absolute atomic E-state index is 0. The lowest BCUT2D eigenvalue weighted by molar-refractivity contribution is -0.0360. The van der Waals surface area contributed by atoms with Gasteiger partial charge in [-0.15, -0.1) is 12.4 Å². The number of benzene rings is 1. The first-order valence-corrected chi connectivity index (χ1v) is 7.00. The van der Waals surface area contributed by atoms with Crippen LogP contribution >= 0.6 is 12.4 Å². The molecule has 0 saturated heterocycles. The van der Waals surface area contributed by atoms with Gasteiger partial charge in [0.25, 0.3) is 0 Å². The van der Waals surface area contributed by atoms with E-state index in [2.05, 4.69) is 5.32 Å². The molecular weight excluding hydrogens is 294 g/mol.